The highest BCUT2D eigenvalue weighted by molar-refractivity contribution is 7.21. The largest absolute Gasteiger partial charge is 0.496 e. The summed E-state index contributed by atoms with van der Waals surface area (Å²) in [6.07, 6.45) is 3.58. The summed E-state index contributed by atoms with van der Waals surface area (Å²) < 4.78 is 33.1. The maximum Gasteiger partial charge on any atom is 0.329 e. The molecule has 0 amide bonds. The number of nitrogens with one attached hydrogen (secondary N) is 1. The topological polar surface area (TPSA) is 113 Å². The Morgan fingerprint density at radius 3 is 2.71 bits per heavy atom. The van der Waals surface area contributed by atoms with Crippen LogP contribution in [-0.4, -0.2) is 51.0 Å². The van der Waals surface area contributed by atoms with E-state index in [4.69, 9.17) is 14.2 Å². The molecule has 184 valence electrons. The molecule has 0 radical (unpaired) electrons. The van der Waals surface area contributed by atoms with Crippen LogP contribution in [0.1, 0.15) is 30.1 Å². The number of aromatic nitrogens is 5. The monoisotopic (exact) mass is 501 g/mol. The number of nitrogens with zero attached hydrogens (tertiary/aromatic N) is 4. The zero-order chi connectivity index (χ0) is 24.5. The summed E-state index contributed by atoms with van der Waals surface area (Å²) in [6.45, 7) is 2.94. The molecule has 0 saturated carbocycles. The van der Waals surface area contributed by atoms with Crippen LogP contribution in [0.15, 0.2) is 40.2 Å². The molecule has 1 aliphatic heterocycles. The molecule has 3 aromatic heterocycles. The second-order valence-corrected chi connectivity index (χ2v) is 9.20. The van der Waals surface area contributed by atoms with Crippen molar-refractivity contribution in [1.82, 2.24) is 24.5 Å². The molecule has 35 heavy (non-hydrogen) atoms. The van der Waals surface area contributed by atoms with Gasteiger partial charge in [0.1, 0.15) is 27.5 Å². The average Bonchev–Trinajstić information content (AvgIpc) is 3.50. The molecule has 0 bridgehead atoms. The molecule has 0 aliphatic carbocycles. The average molecular weight is 502 g/mol. The number of aryl methyl sites for hydroxylation is 1. The highest BCUT2D eigenvalue weighted by atomic mass is 32.1. The number of methoxy groups -OCH3 is 1. The van der Waals surface area contributed by atoms with Gasteiger partial charge in [-0.2, -0.15) is 10.2 Å². The molecule has 12 heteroatoms. The van der Waals surface area contributed by atoms with Crippen molar-refractivity contribution in [2.24, 2.45) is 0 Å². The van der Waals surface area contributed by atoms with Gasteiger partial charge in [-0.05, 0) is 38.0 Å². The zero-order valence-electron chi connectivity index (χ0n) is 19.2. The fourth-order valence-corrected chi connectivity index (χ4v) is 5.55. The Bertz CT molecular complexity index is 1460. The van der Waals surface area contributed by atoms with Crippen LogP contribution in [0.5, 0.6) is 5.75 Å². The Kier molecular flexibility index (Phi) is 6.50. The number of halogens is 1. The van der Waals surface area contributed by atoms with Crippen LogP contribution >= 0.6 is 11.3 Å². The van der Waals surface area contributed by atoms with E-state index in [-0.39, 0.29) is 12.6 Å². The van der Waals surface area contributed by atoms with E-state index in [1.54, 1.807) is 6.92 Å². The SMILES string of the molecule is COc1ccc(F)cc1C(Cn1c(=O)[nH]c(=O)c2c(C)c(-n3nccn3)sc21)OC1CCOCC1. The molecular weight excluding hydrogens is 477 g/mol. The van der Waals surface area contributed by atoms with E-state index < -0.39 is 23.2 Å². The van der Waals surface area contributed by atoms with Crippen molar-refractivity contribution < 1.29 is 18.6 Å². The van der Waals surface area contributed by atoms with Crippen LogP contribution in [-0.2, 0) is 16.0 Å². The summed E-state index contributed by atoms with van der Waals surface area (Å²) in [5.74, 6) is 0.000294. The first-order chi connectivity index (χ1) is 17.0. The van der Waals surface area contributed by atoms with E-state index in [1.165, 1.54) is 58.4 Å². The molecule has 4 heterocycles. The quantitative estimate of drug-likeness (QED) is 0.414. The van der Waals surface area contributed by atoms with Gasteiger partial charge in [0.15, 0.2) is 0 Å². The number of aromatic amines is 1. The van der Waals surface area contributed by atoms with Crippen molar-refractivity contribution in [2.45, 2.75) is 38.5 Å². The molecular formula is C23H24FN5O5S. The van der Waals surface area contributed by atoms with E-state index in [2.05, 4.69) is 15.2 Å². The Labute approximate surface area is 202 Å². The summed E-state index contributed by atoms with van der Waals surface area (Å²) >= 11 is 1.23. The molecule has 1 unspecified atom stereocenters. The smallest absolute Gasteiger partial charge is 0.329 e. The number of H-pyrrole nitrogens is 1. The third-order valence-corrected chi connectivity index (χ3v) is 7.33. The van der Waals surface area contributed by atoms with Crippen molar-refractivity contribution in [3.8, 4) is 10.8 Å². The number of hydrogen-bond acceptors (Lipinski definition) is 8. The van der Waals surface area contributed by atoms with Crippen LogP contribution in [0.4, 0.5) is 4.39 Å². The molecule has 1 aromatic carbocycles. The van der Waals surface area contributed by atoms with Gasteiger partial charge in [-0.15, -0.1) is 4.80 Å². The van der Waals surface area contributed by atoms with Crippen molar-refractivity contribution in [1.29, 1.82) is 0 Å². The van der Waals surface area contributed by atoms with Crippen LogP contribution in [0.3, 0.4) is 0 Å². The number of rotatable bonds is 7. The first-order valence-electron chi connectivity index (χ1n) is 11.2. The van der Waals surface area contributed by atoms with Crippen LogP contribution in [0.2, 0.25) is 0 Å². The minimum absolute atomic E-state index is 0.0369. The van der Waals surface area contributed by atoms with Gasteiger partial charge in [0, 0.05) is 24.3 Å². The normalized spacial score (nSPS) is 15.5. The Balaban J connectivity index is 1.64. The van der Waals surface area contributed by atoms with Gasteiger partial charge in [-0.25, -0.2) is 9.18 Å². The predicted octanol–water partition coefficient (Wildman–Crippen LogP) is 2.73. The minimum Gasteiger partial charge on any atom is -0.496 e. The maximum absolute atomic E-state index is 14.3. The molecule has 5 rings (SSSR count). The van der Waals surface area contributed by atoms with Gasteiger partial charge in [0.25, 0.3) is 5.56 Å². The summed E-state index contributed by atoms with van der Waals surface area (Å²) in [5.41, 5.74) is 0.0623. The Hall–Kier alpha value is -3.35. The summed E-state index contributed by atoms with van der Waals surface area (Å²) in [5, 5.41) is 9.33. The lowest BCUT2D eigenvalue weighted by atomic mass is 10.1. The van der Waals surface area contributed by atoms with E-state index >= 15 is 0 Å². The third-order valence-electron chi connectivity index (χ3n) is 6.05. The molecule has 1 fully saturated rings. The molecule has 1 N–H and O–H groups in total. The van der Waals surface area contributed by atoms with Crippen LogP contribution in [0.25, 0.3) is 15.2 Å². The number of thiophene rings is 1. The lowest BCUT2D eigenvalue weighted by molar-refractivity contribution is -0.0753. The third kappa shape index (κ3) is 4.51. The summed E-state index contributed by atoms with van der Waals surface area (Å²) in [7, 11) is 1.50. The van der Waals surface area contributed by atoms with Gasteiger partial charge < -0.3 is 14.2 Å². The fourth-order valence-electron chi connectivity index (χ4n) is 4.32. The van der Waals surface area contributed by atoms with E-state index in [0.29, 0.717) is 58.1 Å². The molecule has 10 nitrogen and oxygen atoms in total. The molecule has 1 saturated heterocycles. The van der Waals surface area contributed by atoms with Crippen molar-refractivity contribution in [2.75, 3.05) is 20.3 Å². The molecule has 1 aliphatic rings. The van der Waals surface area contributed by atoms with Crippen LogP contribution in [0, 0.1) is 12.7 Å². The van der Waals surface area contributed by atoms with Gasteiger partial charge in [0.2, 0.25) is 0 Å². The summed E-state index contributed by atoms with van der Waals surface area (Å²) in [6, 6.07) is 4.20. The maximum atomic E-state index is 14.3. The number of fused-ring (bicyclic) bond motifs is 1. The van der Waals surface area contributed by atoms with Crippen LogP contribution < -0.4 is 16.0 Å². The molecule has 1 atom stereocenters. The van der Waals surface area contributed by atoms with E-state index in [0.717, 1.165) is 0 Å². The standard InChI is InChI=1S/C23H24FN5O5S/c1-13-19-20(30)27-23(31)28(22(19)35-21(13)29-25-7-8-26-29)12-18(34-15-5-9-33-10-6-15)16-11-14(24)3-4-17(16)32-2/h3-4,7-8,11,15,18H,5-6,9-10,12H2,1-2H3,(H,27,30,31). The highest BCUT2D eigenvalue weighted by Gasteiger charge is 2.27. The molecule has 4 aromatic rings. The van der Waals surface area contributed by atoms with Crippen molar-refractivity contribution >= 4 is 21.6 Å². The second kappa shape index (κ2) is 9.72. The summed E-state index contributed by atoms with van der Waals surface area (Å²) in [4.78, 5) is 30.1. The van der Waals surface area contributed by atoms with Crippen molar-refractivity contribution in [3.05, 3.63) is 68.4 Å². The zero-order valence-corrected chi connectivity index (χ0v) is 20.0. The first-order valence-corrected chi connectivity index (χ1v) is 12.0. The van der Waals surface area contributed by atoms with E-state index in [1.807, 2.05) is 0 Å². The van der Waals surface area contributed by atoms with Gasteiger partial charge in [0.05, 0.1) is 37.5 Å². The van der Waals surface area contributed by atoms with E-state index in [9.17, 15) is 14.0 Å². The van der Waals surface area contributed by atoms with Crippen molar-refractivity contribution in [3.63, 3.8) is 0 Å². The highest BCUT2D eigenvalue weighted by Crippen LogP contribution is 2.35. The first kappa shape index (κ1) is 23.4. The second-order valence-electron chi connectivity index (χ2n) is 8.22. The van der Waals surface area contributed by atoms with Gasteiger partial charge in [-0.1, -0.05) is 11.3 Å². The lowest BCUT2D eigenvalue weighted by Gasteiger charge is -2.29. The fraction of sp³-hybridized carbons (Fsp3) is 0.391. The number of benzene rings is 1. The minimum atomic E-state index is -0.718. The Morgan fingerprint density at radius 1 is 1.26 bits per heavy atom. The van der Waals surface area contributed by atoms with Gasteiger partial charge in [-0.3, -0.25) is 14.3 Å². The predicted molar refractivity (Wildman–Crippen MR) is 127 cm³/mol. The lowest BCUT2D eigenvalue weighted by Crippen LogP contribution is -2.33. The Morgan fingerprint density at radius 2 is 2.00 bits per heavy atom. The number of hydrogen-bond donors (Lipinski definition) is 1. The number of ether oxygens (including phenoxy) is 3. The molecule has 0 spiro atoms. The van der Waals surface area contributed by atoms with Gasteiger partial charge >= 0.3 is 5.69 Å².